The summed E-state index contributed by atoms with van der Waals surface area (Å²) < 4.78 is 5.88. The molecule has 1 aromatic heterocycles. The molecule has 0 radical (unpaired) electrons. The smallest absolute Gasteiger partial charge is 0.325 e. The second kappa shape index (κ2) is 7.78. The van der Waals surface area contributed by atoms with Crippen molar-refractivity contribution in [1.82, 2.24) is 4.90 Å². The first-order valence-corrected chi connectivity index (χ1v) is 8.16. The molecule has 0 saturated heterocycles. The third-order valence-electron chi connectivity index (χ3n) is 2.57. The highest BCUT2D eigenvalue weighted by atomic mass is 79.9. The minimum atomic E-state index is -0.367. The van der Waals surface area contributed by atoms with E-state index in [1.807, 2.05) is 26.8 Å². The van der Waals surface area contributed by atoms with Gasteiger partial charge in [-0.3, -0.25) is 9.59 Å². The average molecular weight is 362 g/mol. The van der Waals surface area contributed by atoms with E-state index in [-0.39, 0.29) is 24.3 Å². The summed E-state index contributed by atoms with van der Waals surface area (Å²) in [6.07, 6.45) is 0. The van der Waals surface area contributed by atoms with Gasteiger partial charge in [0.15, 0.2) is 0 Å². The number of thiophene rings is 1. The number of nitrogens with zero attached hydrogens (tertiary/aromatic N) is 1. The van der Waals surface area contributed by atoms with E-state index in [0.717, 1.165) is 9.35 Å². The lowest BCUT2D eigenvalue weighted by Gasteiger charge is -2.23. The van der Waals surface area contributed by atoms with Crippen LogP contribution in [-0.4, -0.2) is 36.5 Å². The van der Waals surface area contributed by atoms with Gasteiger partial charge in [-0.25, -0.2) is 0 Å². The van der Waals surface area contributed by atoms with Gasteiger partial charge in [-0.05, 0) is 47.3 Å². The van der Waals surface area contributed by atoms with Crippen LogP contribution in [0.5, 0.6) is 0 Å². The molecule has 4 nitrogen and oxygen atoms in total. The molecule has 1 rings (SSSR count). The van der Waals surface area contributed by atoms with Crippen molar-refractivity contribution in [3.8, 4) is 0 Å². The number of amides is 1. The van der Waals surface area contributed by atoms with Gasteiger partial charge in [0.2, 0.25) is 0 Å². The van der Waals surface area contributed by atoms with Crippen molar-refractivity contribution in [3.05, 3.63) is 20.3 Å². The van der Waals surface area contributed by atoms with Crippen LogP contribution in [0.1, 0.15) is 36.0 Å². The van der Waals surface area contributed by atoms with E-state index in [1.54, 1.807) is 11.8 Å². The Kier molecular flexibility index (Phi) is 6.68. The number of carbonyl (C=O) groups excluding carboxylic acids is 2. The maximum atomic E-state index is 12.5. The van der Waals surface area contributed by atoms with Crippen LogP contribution < -0.4 is 0 Å². The van der Waals surface area contributed by atoms with Crippen molar-refractivity contribution < 1.29 is 14.3 Å². The molecule has 0 aromatic carbocycles. The average Bonchev–Trinajstić information content (AvgIpc) is 2.67. The number of rotatable bonds is 6. The van der Waals surface area contributed by atoms with Gasteiger partial charge in [0.05, 0.1) is 15.3 Å². The molecule has 0 spiro atoms. The Bertz CT molecular complexity index is 465. The first kappa shape index (κ1) is 17.2. The highest BCUT2D eigenvalue weighted by Gasteiger charge is 2.22. The molecule has 1 aromatic rings. The summed E-state index contributed by atoms with van der Waals surface area (Å²) in [5.41, 5.74) is 1.03. The number of halogens is 1. The van der Waals surface area contributed by atoms with E-state index in [0.29, 0.717) is 18.0 Å². The van der Waals surface area contributed by atoms with Crippen molar-refractivity contribution in [2.24, 2.45) is 5.92 Å². The minimum Gasteiger partial charge on any atom is -0.465 e. The van der Waals surface area contributed by atoms with Crippen molar-refractivity contribution in [2.45, 2.75) is 27.7 Å². The lowest BCUT2D eigenvalue weighted by Crippen LogP contribution is -2.38. The van der Waals surface area contributed by atoms with Crippen LogP contribution in [-0.2, 0) is 9.53 Å². The molecular formula is C14H20BrNO3S. The zero-order valence-electron chi connectivity index (χ0n) is 12.2. The van der Waals surface area contributed by atoms with Crippen molar-refractivity contribution in [1.29, 1.82) is 0 Å². The number of esters is 1. The van der Waals surface area contributed by atoms with Crippen LogP contribution in [0.3, 0.4) is 0 Å². The predicted octanol–water partition coefficient (Wildman–Crippen LogP) is 3.48. The molecule has 0 saturated carbocycles. The van der Waals surface area contributed by atoms with Crippen LogP contribution in [0.4, 0.5) is 0 Å². The van der Waals surface area contributed by atoms with E-state index in [4.69, 9.17) is 4.74 Å². The zero-order chi connectivity index (χ0) is 15.3. The molecule has 0 N–H and O–H groups in total. The van der Waals surface area contributed by atoms with Crippen molar-refractivity contribution >= 4 is 39.1 Å². The summed E-state index contributed by atoms with van der Waals surface area (Å²) >= 11 is 4.81. The number of hydrogen-bond acceptors (Lipinski definition) is 4. The summed E-state index contributed by atoms with van der Waals surface area (Å²) in [4.78, 5) is 26.3. The first-order valence-electron chi connectivity index (χ1n) is 6.56. The molecular weight excluding hydrogens is 342 g/mol. The quantitative estimate of drug-likeness (QED) is 0.728. The standard InChI is InChI=1S/C14H20BrNO3S/c1-5-19-12(17)8-16(7-9(2)3)14(18)11-6-10(4)13(15)20-11/h6,9H,5,7-8H2,1-4H3. The zero-order valence-corrected chi connectivity index (χ0v) is 14.6. The van der Waals surface area contributed by atoms with Gasteiger partial charge in [-0.2, -0.15) is 0 Å². The van der Waals surface area contributed by atoms with E-state index in [2.05, 4.69) is 15.9 Å². The highest BCUT2D eigenvalue weighted by Crippen LogP contribution is 2.28. The Morgan fingerprint density at radius 3 is 2.55 bits per heavy atom. The molecule has 1 heterocycles. The highest BCUT2D eigenvalue weighted by molar-refractivity contribution is 9.11. The SMILES string of the molecule is CCOC(=O)CN(CC(C)C)C(=O)c1cc(C)c(Br)s1. The molecule has 0 aliphatic heterocycles. The fourth-order valence-corrected chi connectivity index (χ4v) is 3.25. The van der Waals surface area contributed by atoms with E-state index in [9.17, 15) is 9.59 Å². The number of ether oxygens (including phenoxy) is 1. The summed E-state index contributed by atoms with van der Waals surface area (Å²) in [7, 11) is 0. The molecule has 1 amide bonds. The van der Waals surface area contributed by atoms with E-state index >= 15 is 0 Å². The summed E-state index contributed by atoms with van der Waals surface area (Å²) in [6, 6.07) is 1.84. The maximum absolute atomic E-state index is 12.5. The van der Waals surface area contributed by atoms with Gasteiger partial charge in [-0.1, -0.05) is 13.8 Å². The van der Waals surface area contributed by atoms with Gasteiger partial charge in [0.1, 0.15) is 6.54 Å². The lowest BCUT2D eigenvalue weighted by atomic mass is 10.2. The number of aryl methyl sites for hydroxylation is 1. The Hall–Kier alpha value is -0.880. The molecule has 112 valence electrons. The van der Waals surface area contributed by atoms with E-state index in [1.165, 1.54) is 11.3 Å². The van der Waals surface area contributed by atoms with Gasteiger partial charge < -0.3 is 9.64 Å². The minimum absolute atomic E-state index is 0.000575. The second-order valence-corrected chi connectivity index (χ2v) is 7.32. The summed E-state index contributed by atoms with van der Waals surface area (Å²) in [5.74, 6) is -0.197. The Labute approximate surface area is 132 Å². The fourth-order valence-electron chi connectivity index (χ4n) is 1.74. The van der Waals surface area contributed by atoms with Gasteiger partial charge in [0, 0.05) is 6.54 Å². The van der Waals surface area contributed by atoms with Crippen LogP contribution in [0.15, 0.2) is 9.85 Å². The summed E-state index contributed by atoms with van der Waals surface area (Å²) in [5, 5.41) is 0. The van der Waals surface area contributed by atoms with Crippen molar-refractivity contribution in [3.63, 3.8) is 0 Å². The molecule has 0 aliphatic carbocycles. The van der Waals surface area contributed by atoms with Gasteiger partial charge in [-0.15, -0.1) is 11.3 Å². The Morgan fingerprint density at radius 2 is 2.10 bits per heavy atom. The van der Waals surface area contributed by atoms with Crippen molar-refractivity contribution in [2.75, 3.05) is 19.7 Å². The van der Waals surface area contributed by atoms with Crippen LogP contribution in [0, 0.1) is 12.8 Å². The molecule has 0 bridgehead atoms. The lowest BCUT2D eigenvalue weighted by molar-refractivity contribution is -0.143. The first-order chi connectivity index (χ1) is 9.35. The van der Waals surface area contributed by atoms with Gasteiger partial charge >= 0.3 is 5.97 Å². The normalized spacial score (nSPS) is 10.7. The van der Waals surface area contributed by atoms with Crippen LogP contribution in [0.2, 0.25) is 0 Å². The maximum Gasteiger partial charge on any atom is 0.325 e. The van der Waals surface area contributed by atoms with Crippen LogP contribution >= 0.6 is 27.3 Å². The molecule has 0 aliphatic rings. The molecule has 0 atom stereocenters. The third kappa shape index (κ3) is 4.90. The number of hydrogen-bond donors (Lipinski definition) is 0. The largest absolute Gasteiger partial charge is 0.465 e. The Balaban J connectivity index is 2.86. The Morgan fingerprint density at radius 1 is 1.45 bits per heavy atom. The van der Waals surface area contributed by atoms with Crippen LogP contribution in [0.25, 0.3) is 0 Å². The van der Waals surface area contributed by atoms with E-state index < -0.39 is 0 Å². The molecule has 0 unspecified atom stereocenters. The predicted molar refractivity (Wildman–Crippen MR) is 84.1 cm³/mol. The molecule has 20 heavy (non-hydrogen) atoms. The monoisotopic (exact) mass is 361 g/mol. The molecule has 6 heteroatoms. The summed E-state index contributed by atoms with van der Waals surface area (Å²) in [6.45, 7) is 8.58. The molecule has 0 fully saturated rings. The number of carbonyl (C=O) groups is 2. The fraction of sp³-hybridized carbons (Fsp3) is 0.571. The van der Waals surface area contributed by atoms with Gasteiger partial charge in [0.25, 0.3) is 5.91 Å². The topological polar surface area (TPSA) is 46.6 Å². The third-order valence-corrected chi connectivity index (χ3v) is 4.69. The second-order valence-electron chi connectivity index (χ2n) is 4.95.